The Balaban J connectivity index is 2.27. The van der Waals surface area contributed by atoms with Crippen molar-refractivity contribution in [2.45, 2.75) is 12.8 Å². The van der Waals surface area contributed by atoms with E-state index in [1.54, 1.807) is 18.2 Å². The van der Waals surface area contributed by atoms with Gasteiger partial charge in [-0.05, 0) is 31.2 Å². The van der Waals surface area contributed by atoms with Crippen molar-refractivity contribution in [3.8, 4) is 0 Å². The van der Waals surface area contributed by atoms with E-state index < -0.39 is 5.97 Å². The second-order valence-electron chi connectivity index (χ2n) is 3.85. The fourth-order valence-electron chi connectivity index (χ4n) is 1.35. The number of hydrogen-bond acceptors (Lipinski definition) is 3. The Morgan fingerprint density at radius 1 is 1.21 bits per heavy atom. The van der Waals surface area contributed by atoms with Gasteiger partial charge in [-0.15, -0.1) is 0 Å². The molecule has 0 aromatic heterocycles. The van der Waals surface area contributed by atoms with Crippen LogP contribution in [0.2, 0.25) is 10.0 Å². The van der Waals surface area contributed by atoms with Gasteiger partial charge in [-0.3, -0.25) is 9.59 Å². The summed E-state index contributed by atoms with van der Waals surface area (Å²) in [7, 11) is 0. The van der Waals surface area contributed by atoms with Crippen LogP contribution in [0.3, 0.4) is 0 Å². The lowest BCUT2D eigenvalue weighted by atomic mass is 10.3. The highest BCUT2D eigenvalue weighted by Gasteiger charge is 2.04. The lowest BCUT2D eigenvalue weighted by Crippen LogP contribution is -2.29. The molecule has 5 nitrogen and oxygen atoms in total. The molecule has 0 heterocycles. The first kappa shape index (κ1) is 15.8. The second kappa shape index (κ2) is 7.99. The second-order valence-corrected chi connectivity index (χ2v) is 4.67. The molecule has 0 spiro atoms. The van der Waals surface area contributed by atoms with Crippen molar-refractivity contribution in [3.63, 3.8) is 0 Å². The number of nitrogens with one attached hydrogen (secondary N) is 2. The third-order valence-electron chi connectivity index (χ3n) is 2.23. The van der Waals surface area contributed by atoms with Gasteiger partial charge in [-0.2, -0.15) is 0 Å². The fraction of sp³-hybridized carbons (Fsp3) is 0.333. The number of amides is 1. The number of hydrogen-bond donors (Lipinski definition) is 3. The molecule has 0 unspecified atom stereocenters. The SMILES string of the molecule is O=C(O)CCCNCC(=O)Nc1ccc(Cl)c(Cl)c1. The smallest absolute Gasteiger partial charge is 0.303 e. The third kappa shape index (κ3) is 6.42. The Hall–Kier alpha value is -1.30. The zero-order chi connectivity index (χ0) is 14.3. The van der Waals surface area contributed by atoms with Crippen molar-refractivity contribution in [2.75, 3.05) is 18.4 Å². The van der Waals surface area contributed by atoms with Gasteiger partial charge in [0.1, 0.15) is 0 Å². The van der Waals surface area contributed by atoms with Gasteiger partial charge in [0.2, 0.25) is 5.91 Å². The van der Waals surface area contributed by atoms with Gasteiger partial charge in [-0.1, -0.05) is 23.2 Å². The molecule has 0 aliphatic carbocycles. The van der Waals surface area contributed by atoms with E-state index in [1.807, 2.05) is 0 Å². The van der Waals surface area contributed by atoms with Gasteiger partial charge in [0.15, 0.2) is 0 Å². The minimum Gasteiger partial charge on any atom is -0.481 e. The average molecular weight is 305 g/mol. The number of carboxylic acid groups (broad SMARTS) is 1. The van der Waals surface area contributed by atoms with E-state index in [-0.39, 0.29) is 18.9 Å². The van der Waals surface area contributed by atoms with Crippen molar-refractivity contribution < 1.29 is 14.7 Å². The standard InChI is InChI=1S/C12H14Cl2N2O3/c13-9-4-3-8(6-10(9)14)16-11(17)7-15-5-1-2-12(18)19/h3-4,6,15H,1-2,5,7H2,(H,16,17)(H,18,19). The predicted octanol–water partition coefficient (Wildman–Crippen LogP) is 2.39. The van der Waals surface area contributed by atoms with Gasteiger partial charge in [-0.25, -0.2) is 0 Å². The minimum atomic E-state index is -0.845. The number of halogens is 2. The van der Waals surface area contributed by atoms with Crippen molar-refractivity contribution in [3.05, 3.63) is 28.2 Å². The predicted molar refractivity (Wildman–Crippen MR) is 74.8 cm³/mol. The third-order valence-corrected chi connectivity index (χ3v) is 2.97. The number of aliphatic carboxylic acids is 1. The van der Waals surface area contributed by atoms with E-state index in [0.717, 1.165) is 0 Å². The van der Waals surface area contributed by atoms with E-state index in [0.29, 0.717) is 28.7 Å². The maximum absolute atomic E-state index is 11.5. The Morgan fingerprint density at radius 2 is 1.95 bits per heavy atom. The first-order valence-corrected chi connectivity index (χ1v) is 6.42. The zero-order valence-corrected chi connectivity index (χ0v) is 11.6. The Morgan fingerprint density at radius 3 is 2.58 bits per heavy atom. The maximum atomic E-state index is 11.5. The molecule has 0 radical (unpaired) electrons. The highest BCUT2D eigenvalue weighted by molar-refractivity contribution is 6.42. The van der Waals surface area contributed by atoms with Gasteiger partial charge in [0.05, 0.1) is 16.6 Å². The molecular weight excluding hydrogens is 291 g/mol. The molecule has 104 valence electrons. The number of carbonyl (C=O) groups excluding carboxylic acids is 1. The summed E-state index contributed by atoms with van der Waals surface area (Å²) in [6.45, 7) is 0.584. The van der Waals surface area contributed by atoms with E-state index in [4.69, 9.17) is 28.3 Å². The molecule has 0 aliphatic rings. The first-order chi connectivity index (χ1) is 8.99. The van der Waals surface area contributed by atoms with Crippen LogP contribution < -0.4 is 10.6 Å². The molecule has 1 aromatic carbocycles. The quantitative estimate of drug-likeness (QED) is 0.676. The van der Waals surface area contributed by atoms with Crippen molar-refractivity contribution in [2.24, 2.45) is 0 Å². The van der Waals surface area contributed by atoms with Crippen LogP contribution in [0.25, 0.3) is 0 Å². The molecule has 7 heteroatoms. The van der Waals surface area contributed by atoms with Crippen LogP contribution in [0.5, 0.6) is 0 Å². The van der Waals surface area contributed by atoms with Crippen molar-refractivity contribution >= 4 is 40.8 Å². The molecule has 3 N–H and O–H groups in total. The molecule has 1 amide bonds. The monoisotopic (exact) mass is 304 g/mol. The first-order valence-electron chi connectivity index (χ1n) is 5.66. The maximum Gasteiger partial charge on any atom is 0.303 e. The number of anilines is 1. The summed E-state index contributed by atoms with van der Waals surface area (Å²) in [5, 5.41) is 14.7. The van der Waals surface area contributed by atoms with Crippen LogP contribution in [0.1, 0.15) is 12.8 Å². The van der Waals surface area contributed by atoms with Gasteiger partial charge >= 0.3 is 5.97 Å². The van der Waals surface area contributed by atoms with Gasteiger partial charge < -0.3 is 15.7 Å². The Kier molecular flexibility index (Phi) is 6.62. The van der Waals surface area contributed by atoms with E-state index >= 15 is 0 Å². The molecule has 0 bridgehead atoms. The van der Waals surface area contributed by atoms with Crippen LogP contribution in [-0.4, -0.2) is 30.1 Å². The Bertz CT molecular complexity index is 466. The molecule has 19 heavy (non-hydrogen) atoms. The molecule has 1 rings (SSSR count). The molecule has 0 atom stereocenters. The molecule has 0 saturated carbocycles. The lowest BCUT2D eigenvalue weighted by molar-refractivity contribution is -0.137. The van der Waals surface area contributed by atoms with Crippen LogP contribution in [-0.2, 0) is 9.59 Å². The van der Waals surface area contributed by atoms with E-state index in [2.05, 4.69) is 10.6 Å². The van der Waals surface area contributed by atoms with Crippen LogP contribution in [0, 0.1) is 0 Å². The number of carbonyl (C=O) groups is 2. The van der Waals surface area contributed by atoms with Crippen molar-refractivity contribution in [1.82, 2.24) is 5.32 Å². The van der Waals surface area contributed by atoms with Crippen LogP contribution in [0.15, 0.2) is 18.2 Å². The number of benzene rings is 1. The summed E-state index contributed by atoms with van der Waals surface area (Å²) in [6, 6.07) is 4.81. The molecular formula is C12H14Cl2N2O3. The summed E-state index contributed by atoms with van der Waals surface area (Å²) < 4.78 is 0. The normalized spacial score (nSPS) is 10.2. The molecule has 0 saturated heterocycles. The molecule has 0 aliphatic heterocycles. The van der Waals surface area contributed by atoms with E-state index in [9.17, 15) is 9.59 Å². The van der Waals surface area contributed by atoms with Crippen molar-refractivity contribution in [1.29, 1.82) is 0 Å². The highest BCUT2D eigenvalue weighted by atomic mass is 35.5. The van der Waals surface area contributed by atoms with E-state index in [1.165, 1.54) is 0 Å². The molecule has 1 aromatic rings. The fourth-order valence-corrected chi connectivity index (χ4v) is 1.64. The summed E-state index contributed by atoms with van der Waals surface area (Å²) in [4.78, 5) is 21.8. The molecule has 0 fully saturated rings. The topological polar surface area (TPSA) is 78.4 Å². The lowest BCUT2D eigenvalue weighted by Gasteiger charge is -2.07. The van der Waals surface area contributed by atoms with Gasteiger partial charge in [0.25, 0.3) is 0 Å². The Labute approximate surface area is 120 Å². The summed E-state index contributed by atoms with van der Waals surface area (Å²) in [5.41, 5.74) is 0.562. The number of carboxylic acids is 1. The number of rotatable bonds is 7. The summed E-state index contributed by atoms with van der Waals surface area (Å²) in [6.07, 6.45) is 0.566. The van der Waals surface area contributed by atoms with Gasteiger partial charge in [0, 0.05) is 12.1 Å². The minimum absolute atomic E-state index is 0.0847. The zero-order valence-electron chi connectivity index (χ0n) is 10.1. The summed E-state index contributed by atoms with van der Waals surface area (Å²) in [5.74, 6) is -1.07. The highest BCUT2D eigenvalue weighted by Crippen LogP contribution is 2.24. The summed E-state index contributed by atoms with van der Waals surface area (Å²) >= 11 is 11.6. The largest absolute Gasteiger partial charge is 0.481 e. The van der Waals surface area contributed by atoms with Crippen LogP contribution >= 0.6 is 23.2 Å². The van der Waals surface area contributed by atoms with Crippen LogP contribution in [0.4, 0.5) is 5.69 Å². The average Bonchev–Trinajstić information content (AvgIpc) is 2.33.